The van der Waals surface area contributed by atoms with Gasteiger partial charge in [-0.3, -0.25) is 4.79 Å². The molecule has 0 aromatic rings. The number of aliphatic carboxylic acids is 1. The minimum absolute atomic E-state index is 0.0517. The number of carbonyl (C=O) groups excluding carboxylic acids is 1. The van der Waals surface area contributed by atoms with Crippen LogP contribution in [0.3, 0.4) is 0 Å². The summed E-state index contributed by atoms with van der Waals surface area (Å²) in [6.07, 6.45) is 8.60. The molecular formula is C13H20N2O3. The fourth-order valence-electron chi connectivity index (χ4n) is 2.13. The summed E-state index contributed by atoms with van der Waals surface area (Å²) in [4.78, 5) is 22.4. The summed E-state index contributed by atoms with van der Waals surface area (Å²) >= 11 is 0. The van der Waals surface area contributed by atoms with Crippen molar-refractivity contribution in [3.05, 3.63) is 0 Å². The molecule has 0 aliphatic heterocycles. The Morgan fingerprint density at radius 2 is 2.00 bits per heavy atom. The molecule has 0 radical (unpaired) electrons. The molecule has 1 fully saturated rings. The van der Waals surface area contributed by atoms with E-state index >= 15 is 0 Å². The highest BCUT2D eigenvalue weighted by Crippen LogP contribution is 2.24. The lowest BCUT2D eigenvalue weighted by Crippen LogP contribution is -2.47. The van der Waals surface area contributed by atoms with E-state index in [1.54, 1.807) is 0 Å². The predicted molar refractivity (Wildman–Crippen MR) is 68.0 cm³/mol. The molecule has 18 heavy (non-hydrogen) atoms. The summed E-state index contributed by atoms with van der Waals surface area (Å²) in [6.45, 7) is 1.91. The van der Waals surface area contributed by atoms with Crippen molar-refractivity contribution < 1.29 is 14.7 Å². The second kappa shape index (κ2) is 6.90. The van der Waals surface area contributed by atoms with Crippen LogP contribution in [-0.2, 0) is 4.79 Å². The highest BCUT2D eigenvalue weighted by Gasteiger charge is 2.26. The van der Waals surface area contributed by atoms with Gasteiger partial charge in [0, 0.05) is 6.04 Å². The molecule has 1 rings (SSSR count). The summed E-state index contributed by atoms with van der Waals surface area (Å²) in [5, 5.41) is 14.4. The minimum Gasteiger partial charge on any atom is -0.481 e. The first-order valence-corrected chi connectivity index (χ1v) is 6.32. The number of carboxylic acids is 1. The van der Waals surface area contributed by atoms with Crippen LogP contribution >= 0.6 is 0 Å². The van der Waals surface area contributed by atoms with Gasteiger partial charge in [0.05, 0.1) is 12.0 Å². The van der Waals surface area contributed by atoms with Gasteiger partial charge in [-0.1, -0.05) is 12.8 Å². The monoisotopic (exact) mass is 252 g/mol. The molecule has 1 aliphatic rings. The number of nitrogens with one attached hydrogen (secondary N) is 2. The van der Waals surface area contributed by atoms with E-state index in [0.29, 0.717) is 32.1 Å². The summed E-state index contributed by atoms with van der Waals surface area (Å²) in [5.41, 5.74) is 0. The molecule has 5 heteroatoms. The van der Waals surface area contributed by atoms with E-state index in [2.05, 4.69) is 16.6 Å². The number of amides is 2. The number of terminal acetylenes is 1. The molecule has 0 saturated heterocycles. The van der Waals surface area contributed by atoms with E-state index in [1.165, 1.54) is 0 Å². The van der Waals surface area contributed by atoms with Crippen LogP contribution in [0.2, 0.25) is 0 Å². The summed E-state index contributed by atoms with van der Waals surface area (Å²) in [6, 6.07) is -0.463. The SMILES string of the molecule is C#CC(CC)NC(=O)NC1CCC(C(=O)O)CC1. The number of carboxylic acid groups (broad SMARTS) is 1. The Morgan fingerprint density at radius 3 is 2.44 bits per heavy atom. The van der Waals surface area contributed by atoms with Crippen LogP contribution in [0.15, 0.2) is 0 Å². The minimum atomic E-state index is -0.740. The summed E-state index contributed by atoms with van der Waals surface area (Å²) in [5.74, 6) is 1.49. The van der Waals surface area contributed by atoms with Crippen molar-refractivity contribution in [3.63, 3.8) is 0 Å². The van der Waals surface area contributed by atoms with Crippen molar-refractivity contribution in [2.75, 3.05) is 0 Å². The lowest BCUT2D eigenvalue weighted by molar-refractivity contribution is -0.142. The summed E-state index contributed by atoms with van der Waals surface area (Å²) in [7, 11) is 0. The largest absolute Gasteiger partial charge is 0.481 e. The number of rotatable bonds is 4. The molecule has 0 aromatic heterocycles. The third-order valence-corrected chi connectivity index (χ3v) is 3.33. The maximum Gasteiger partial charge on any atom is 0.315 e. The van der Waals surface area contributed by atoms with E-state index in [9.17, 15) is 9.59 Å². The molecule has 2 amide bonds. The van der Waals surface area contributed by atoms with Crippen molar-refractivity contribution in [1.82, 2.24) is 10.6 Å². The number of hydrogen-bond acceptors (Lipinski definition) is 2. The smallest absolute Gasteiger partial charge is 0.315 e. The molecular weight excluding hydrogens is 232 g/mol. The van der Waals surface area contributed by atoms with Gasteiger partial charge in [-0.2, -0.15) is 0 Å². The molecule has 3 N–H and O–H groups in total. The number of hydrogen-bond donors (Lipinski definition) is 3. The lowest BCUT2D eigenvalue weighted by Gasteiger charge is -2.27. The predicted octanol–water partition coefficient (Wildman–Crippen LogP) is 1.34. The Hall–Kier alpha value is -1.70. The van der Waals surface area contributed by atoms with Crippen molar-refractivity contribution in [1.29, 1.82) is 0 Å². The first-order valence-electron chi connectivity index (χ1n) is 6.32. The first-order chi connectivity index (χ1) is 8.56. The molecule has 0 bridgehead atoms. The van der Waals surface area contributed by atoms with Gasteiger partial charge in [-0.15, -0.1) is 6.42 Å². The third kappa shape index (κ3) is 4.28. The highest BCUT2D eigenvalue weighted by molar-refractivity contribution is 5.75. The zero-order chi connectivity index (χ0) is 13.5. The summed E-state index contributed by atoms with van der Waals surface area (Å²) < 4.78 is 0. The average molecular weight is 252 g/mol. The van der Waals surface area contributed by atoms with Crippen molar-refractivity contribution in [3.8, 4) is 12.3 Å². The molecule has 100 valence electrons. The Morgan fingerprint density at radius 1 is 1.39 bits per heavy atom. The standard InChI is InChI=1S/C13H20N2O3/c1-3-10(4-2)14-13(18)15-11-7-5-9(6-8-11)12(16)17/h1,9-11H,4-8H2,2H3,(H,16,17)(H2,14,15,18). The van der Waals surface area contributed by atoms with Gasteiger partial charge in [-0.05, 0) is 32.1 Å². The van der Waals surface area contributed by atoms with Crippen LogP contribution in [0.5, 0.6) is 0 Å². The Bertz CT molecular complexity index is 341. The fraction of sp³-hybridized carbons (Fsp3) is 0.692. The van der Waals surface area contributed by atoms with Gasteiger partial charge in [0.2, 0.25) is 0 Å². The van der Waals surface area contributed by atoms with Gasteiger partial charge in [-0.25, -0.2) is 4.79 Å². The molecule has 1 unspecified atom stereocenters. The van der Waals surface area contributed by atoms with E-state index in [-0.39, 0.29) is 24.0 Å². The van der Waals surface area contributed by atoms with Gasteiger partial charge in [0.1, 0.15) is 0 Å². The highest BCUT2D eigenvalue weighted by atomic mass is 16.4. The van der Waals surface area contributed by atoms with Gasteiger partial charge < -0.3 is 15.7 Å². The van der Waals surface area contributed by atoms with Crippen molar-refractivity contribution in [2.45, 2.75) is 51.1 Å². The van der Waals surface area contributed by atoms with Gasteiger partial charge in [0.25, 0.3) is 0 Å². The quantitative estimate of drug-likeness (QED) is 0.661. The van der Waals surface area contributed by atoms with E-state index in [0.717, 1.165) is 0 Å². The fourth-order valence-corrected chi connectivity index (χ4v) is 2.13. The molecule has 5 nitrogen and oxygen atoms in total. The Kier molecular flexibility index (Phi) is 5.50. The van der Waals surface area contributed by atoms with Crippen LogP contribution in [0.4, 0.5) is 4.79 Å². The Balaban J connectivity index is 2.30. The Labute approximate surface area is 107 Å². The maximum atomic E-state index is 11.6. The molecule has 1 atom stereocenters. The van der Waals surface area contributed by atoms with Crippen LogP contribution in [-0.4, -0.2) is 29.2 Å². The van der Waals surface area contributed by atoms with Gasteiger partial charge in [0.15, 0.2) is 0 Å². The normalized spacial score (nSPS) is 24.7. The van der Waals surface area contributed by atoms with Crippen molar-refractivity contribution in [2.24, 2.45) is 5.92 Å². The molecule has 1 aliphatic carbocycles. The van der Waals surface area contributed by atoms with Crippen molar-refractivity contribution >= 4 is 12.0 Å². The molecule has 1 saturated carbocycles. The molecule has 0 spiro atoms. The number of carbonyl (C=O) groups is 2. The zero-order valence-corrected chi connectivity index (χ0v) is 10.6. The van der Waals surface area contributed by atoms with E-state index < -0.39 is 5.97 Å². The van der Waals surface area contributed by atoms with Crippen LogP contribution in [0.1, 0.15) is 39.0 Å². The van der Waals surface area contributed by atoms with E-state index in [4.69, 9.17) is 11.5 Å². The van der Waals surface area contributed by atoms with Crippen LogP contribution < -0.4 is 10.6 Å². The van der Waals surface area contributed by atoms with Crippen LogP contribution in [0, 0.1) is 18.3 Å². The molecule has 0 aromatic carbocycles. The first kappa shape index (κ1) is 14.4. The van der Waals surface area contributed by atoms with Gasteiger partial charge >= 0.3 is 12.0 Å². The second-order valence-corrected chi connectivity index (χ2v) is 4.63. The average Bonchev–Trinajstić information content (AvgIpc) is 2.36. The topological polar surface area (TPSA) is 78.4 Å². The molecule has 0 heterocycles. The lowest BCUT2D eigenvalue weighted by atomic mass is 9.86. The van der Waals surface area contributed by atoms with Crippen LogP contribution in [0.25, 0.3) is 0 Å². The van der Waals surface area contributed by atoms with E-state index in [1.807, 2.05) is 6.92 Å². The third-order valence-electron chi connectivity index (χ3n) is 3.33. The number of urea groups is 1. The second-order valence-electron chi connectivity index (χ2n) is 4.63. The zero-order valence-electron chi connectivity index (χ0n) is 10.6. The maximum absolute atomic E-state index is 11.6.